The molecule has 1 aliphatic carbocycles. The van der Waals surface area contributed by atoms with Gasteiger partial charge in [-0.2, -0.15) is 0 Å². The zero-order chi connectivity index (χ0) is 28.5. The summed E-state index contributed by atoms with van der Waals surface area (Å²) in [4.78, 5) is 31.6. The number of fused-ring (bicyclic) bond motifs is 3. The van der Waals surface area contributed by atoms with Crippen LogP contribution in [0.3, 0.4) is 0 Å². The van der Waals surface area contributed by atoms with Crippen molar-refractivity contribution in [1.29, 1.82) is 0 Å². The van der Waals surface area contributed by atoms with Crippen LogP contribution >= 0.6 is 0 Å². The maximum Gasteiger partial charge on any atom is 0.254 e. The van der Waals surface area contributed by atoms with E-state index in [0.717, 1.165) is 46.7 Å². The number of alkyl halides is 1. The number of aromatic nitrogens is 2. The van der Waals surface area contributed by atoms with Crippen LogP contribution < -0.4 is 5.32 Å². The first-order valence-corrected chi connectivity index (χ1v) is 13.8. The molecule has 9 heteroatoms. The summed E-state index contributed by atoms with van der Waals surface area (Å²) in [6.45, 7) is 5.49. The number of piperazine rings is 1. The Morgan fingerprint density at radius 3 is 2.73 bits per heavy atom. The standard InChI is InChI=1S/C32H33FN6O2/c1-20-10-11-24-25(16-20)30(28-26(33)8-5-9-27(28)41-3)34-18-22-19-35-32(37-29(22)24)36-23-7-4-6-21(17-23)31(40)39-14-12-38(2)13-15-39/h4-11,16-17,19,26,28H,12-15,18H2,1-3H3,(H,35,36,37). The van der Waals surface area contributed by atoms with Gasteiger partial charge in [0.15, 0.2) is 0 Å². The van der Waals surface area contributed by atoms with Crippen LogP contribution in [-0.4, -0.2) is 77.9 Å². The number of methoxy groups -OCH3 is 1. The first-order chi connectivity index (χ1) is 19.9. The number of benzene rings is 2. The Bertz CT molecular complexity index is 1570. The predicted molar refractivity (Wildman–Crippen MR) is 158 cm³/mol. The highest BCUT2D eigenvalue weighted by Crippen LogP contribution is 2.37. The summed E-state index contributed by atoms with van der Waals surface area (Å²) in [6.07, 6.45) is 5.52. The Kier molecular flexibility index (Phi) is 7.36. The van der Waals surface area contributed by atoms with Crippen LogP contribution in [-0.2, 0) is 11.3 Å². The smallest absolute Gasteiger partial charge is 0.254 e. The number of anilines is 2. The van der Waals surface area contributed by atoms with Gasteiger partial charge in [-0.15, -0.1) is 0 Å². The van der Waals surface area contributed by atoms with Crippen molar-refractivity contribution >= 4 is 23.3 Å². The molecule has 3 aromatic rings. The molecule has 0 radical (unpaired) electrons. The van der Waals surface area contributed by atoms with E-state index in [1.807, 2.05) is 54.3 Å². The summed E-state index contributed by atoms with van der Waals surface area (Å²) in [6, 6.07) is 13.5. The normalized spacial score (nSPS) is 20.3. The van der Waals surface area contributed by atoms with Crippen LogP contribution in [0.2, 0.25) is 0 Å². The molecule has 8 nitrogen and oxygen atoms in total. The van der Waals surface area contributed by atoms with E-state index in [4.69, 9.17) is 14.7 Å². The van der Waals surface area contributed by atoms with Gasteiger partial charge in [0.25, 0.3) is 5.91 Å². The fourth-order valence-electron chi connectivity index (χ4n) is 5.57. The molecule has 1 N–H and O–H groups in total. The molecule has 1 fully saturated rings. The number of ether oxygens (including phenoxy) is 1. The number of amides is 1. The Labute approximate surface area is 239 Å². The third-order valence-electron chi connectivity index (χ3n) is 7.86. The predicted octanol–water partition coefficient (Wildman–Crippen LogP) is 4.94. The second-order valence-corrected chi connectivity index (χ2v) is 10.7. The molecular formula is C32H33FN6O2. The molecule has 1 amide bonds. The second-order valence-electron chi connectivity index (χ2n) is 10.7. The monoisotopic (exact) mass is 552 g/mol. The number of aliphatic imine (C=N–C) groups is 1. The lowest BCUT2D eigenvalue weighted by atomic mass is 9.85. The molecule has 2 atom stereocenters. The van der Waals surface area contributed by atoms with Crippen LogP contribution in [0.5, 0.6) is 0 Å². The third kappa shape index (κ3) is 5.37. The number of hydrogen-bond acceptors (Lipinski definition) is 7. The Morgan fingerprint density at radius 1 is 1.10 bits per heavy atom. The average molecular weight is 553 g/mol. The minimum absolute atomic E-state index is 0.0202. The van der Waals surface area contributed by atoms with E-state index in [1.54, 1.807) is 25.5 Å². The van der Waals surface area contributed by atoms with Gasteiger partial charge in [-0.1, -0.05) is 29.8 Å². The van der Waals surface area contributed by atoms with E-state index in [-0.39, 0.29) is 5.91 Å². The van der Waals surface area contributed by atoms with Crippen LogP contribution in [0.15, 0.2) is 77.6 Å². The minimum atomic E-state index is -1.26. The highest BCUT2D eigenvalue weighted by molar-refractivity contribution is 6.09. The van der Waals surface area contributed by atoms with Gasteiger partial charge in [0, 0.05) is 60.3 Å². The number of carbonyl (C=O) groups excluding carboxylic acids is 1. The first-order valence-electron chi connectivity index (χ1n) is 13.8. The molecule has 2 aliphatic heterocycles. The van der Waals surface area contributed by atoms with Crippen molar-refractivity contribution in [3.63, 3.8) is 0 Å². The lowest BCUT2D eigenvalue weighted by Gasteiger charge is -2.32. The summed E-state index contributed by atoms with van der Waals surface area (Å²) in [7, 11) is 3.63. The maximum absolute atomic E-state index is 15.3. The van der Waals surface area contributed by atoms with E-state index in [2.05, 4.69) is 22.2 Å². The van der Waals surface area contributed by atoms with E-state index in [1.165, 1.54) is 6.08 Å². The van der Waals surface area contributed by atoms with Crippen molar-refractivity contribution in [3.8, 4) is 11.3 Å². The molecule has 2 unspecified atom stereocenters. The average Bonchev–Trinajstić information content (AvgIpc) is 3.13. The summed E-state index contributed by atoms with van der Waals surface area (Å²) < 4.78 is 20.9. The van der Waals surface area contributed by atoms with Gasteiger partial charge >= 0.3 is 0 Å². The minimum Gasteiger partial charge on any atom is -0.500 e. The Morgan fingerprint density at radius 2 is 1.93 bits per heavy atom. The number of aryl methyl sites for hydroxylation is 1. The Hall–Kier alpha value is -4.37. The largest absolute Gasteiger partial charge is 0.500 e. The van der Waals surface area contributed by atoms with Crippen molar-refractivity contribution in [1.82, 2.24) is 19.8 Å². The van der Waals surface area contributed by atoms with Crippen LogP contribution in [0.25, 0.3) is 11.3 Å². The van der Waals surface area contributed by atoms with Gasteiger partial charge in [0.1, 0.15) is 11.9 Å². The number of nitrogens with zero attached hydrogens (tertiary/aromatic N) is 5. The van der Waals surface area contributed by atoms with E-state index < -0.39 is 12.1 Å². The number of halogens is 1. The summed E-state index contributed by atoms with van der Waals surface area (Å²) in [5, 5.41) is 3.28. The zero-order valence-corrected chi connectivity index (χ0v) is 23.5. The molecule has 41 heavy (non-hydrogen) atoms. The van der Waals surface area contributed by atoms with Gasteiger partial charge in [-0.3, -0.25) is 9.79 Å². The molecule has 0 spiro atoms. The highest BCUT2D eigenvalue weighted by atomic mass is 19.1. The van der Waals surface area contributed by atoms with Crippen molar-refractivity contribution < 1.29 is 13.9 Å². The fraction of sp³-hybridized carbons (Fsp3) is 0.312. The highest BCUT2D eigenvalue weighted by Gasteiger charge is 2.34. The number of hydrogen-bond donors (Lipinski definition) is 1. The number of allylic oxidation sites excluding steroid dienone is 4. The number of carbonyl (C=O) groups is 1. The SMILES string of the molecule is COC1=CC=CC(F)C1C1=NCc2cnc(Nc3cccc(C(=O)N4CCN(C)CC4)c3)nc2-c2ccc(C)cc21. The molecule has 1 aromatic heterocycles. The molecule has 2 aromatic carbocycles. The van der Waals surface area contributed by atoms with E-state index in [0.29, 0.717) is 42.6 Å². The molecule has 0 bridgehead atoms. The lowest BCUT2D eigenvalue weighted by Crippen LogP contribution is -2.47. The fourth-order valence-corrected chi connectivity index (χ4v) is 5.57. The second kappa shape index (κ2) is 11.2. The summed E-state index contributed by atoms with van der Waals surface area (Å²) in [5.41, 5.74) is 6.31. The van der Waals surface area contributed by atoms with Gasteiger partial charge < -0.3 is 19.9 Å². The lowest BCUT2D eigenvalue weighted by molar-refractivity contribution is 0.0664. The number of rotatable bonds is 5. The van der Waals surface area contributed by atoms with Gasteiger partial charge in [-0.05, 0) is 50.4 Å². The summed E-state index contributed by atoms with van der Waals surface area (Å²) >= 11 is 0. The Balaban J connectivity index is 1.31. The number of likely N-dealkylation sites (N-methyl/N-ethyl adjacent to an activating group) is 1. The van der Waals surface area contributed by atoms with Gasteiger partial charge in [-0.25, -0.2) is 14.4 Å². The molecule has 6 rings (SSSR count). The first kappa shape index (κ1) is 26.8. The van der Waals surface area contributed by atoms with E-state index >= 15 is 4.39 Å². The topological polar surface area (TPSA) is 83.0 Å². The third-order valence-corrected chi connectivity index (χ3v) is 7.86. The molecule has 210 valence electrons. The zero-order valence-electron chi connectivity index (χ0n) is 23.5. The molecule has 3 aliphatic rings. The van der Waals surface area contributed by atoms with Crippen molar-refractivity contribution in [2.45, 2.75) is 19.6 Å². The van der Waals surface area contributed by atoms with Gasteiger partial charge in [0.05, 0.1) is 31.0 Å². The molecule has 3 heterocycles. The van der Waals surface area contributed by atoms with Crippen LogP contribution in [0.4, 0.5) is 16.0 Å². The quantitative estimate of drug-likeness (QED) is 0.483. The molecular weight excluding hydrogens is 519 g/mol. The van der Waals surface area contributed by atoms with E-state index in [9.17, 15) is 4.79 Å². The maximum atomic E-state index is 15.3. The van der Waals surface area contributed by atoms with Crippen molar-refractivity contribution in [3.05, 3.63) is 94.9 Å². The molecule has 0 saturated carbocycles. The van der Waals surface area contributed by atoms with Crippen molar-refractivity contribution in [2.24, 2.45) is 10.9 Å². The van der Waals surface area contributed by atoms with Gasteiger partial charge in [0.2, 0.25) is 5.95 Å². The molecule has 1 saturated heterocycles. The number of nitrogens with one attached hydrogen (secondary N) is 1. The van der Waals surface area contributed by atoms with Crippen LogP contribution in [0.1, 0.15) is 27.0 Å². The van der Waals surface area contributed by atoms with Crippen LogP contribution in [0, 0.1) is 12.8 Å². The van der Waals surface area contributed by atoms with Crippen molar-refractivity contribution in [2.75, 3.05) is 45.7 Å². The summed E-state index contributed by atoms with van der Waals surface area (Å²) in [5.74, 6) is 0.318.